The fourth-order valence-corrected chi connectivity index (χ4v) is 1.38. The Kier molecular flexibility index (Phi) is 4.63. The van der Waals surface area contributed by atoms with Crippen LogP contribution in [0, 0.1) is 6.92 Å². The van der Waals surface area contributed by atoms with E-state index in [4.69, 9.17) is 11.6 Å². The Morgan fingerprint density at radius 3 is 2.87 bits per heavy atom. The summed E-state index contributed by atoms with van der Waals surface area (Å²) in [6, 6.07) is 7.54. The van der Waals surface area contributed by atoms with Crippen molar-refractivity contribution in [3.63, 3.8) is 0 Å². The number of amides is 1. The fourth-order valence-electron chi connectivity index (χ4n) is 1.27. The number of aryl methyl sites for hydroxylation is 1. The van der Waals surface area contributed by atoms with Gasteiger partial charge in [-0.05, 0) is 32.4 Å². The second kappa shape index (κ2) is 5.76. The van der Waals surface area contributed by atoms with Crippen LogP contribution < -0.4 is 5.32 Å². The molecule has 0 fully saturated rings. The number of alkyl halides is 1. The minimum atomic E-state index is -0.0315. The molecule has 1 unspecified atom stereocenters. The monoisotopic (exact) mass is 225 g/mol. The van der Waals surface area contributed by atoms with Crippen molar-refractivity contribution in [2.24, 2.45) is 0 Å². The normalized spacial score (nSPS) is 12.2. The molecule has 82 valence electrons. The highest BCUT2D eigenvalue weighted by Crippen LogP contribution is 2.04. The fraction of sp³-hybridized carbons (Fsp3) is 0.417. The van der Waals surface area contributed by atoms with Crippen molar-refractivity contribution in [2.75, 3.05) is 6.54 Å². The molecule has 0 bridgehead atoms. The van der Waals surface area contributed by atoms with E-state index in [-0.39, 0.29) is 11.3 Å². The zero-order chi connectivity index (χ0) is 11.3. The van der Waals surface area contributed by atoms with Crippen molar-refractivity contribution in [1.29, 1.82) is 0 Å². The molecule has 1 atom stereocenters. The van der Waals surface area contributed by atoms with Crippen molar-refractivity contribution in [3.8, 4) is 0 Å². The zero-order valence-corrected chi connectivity index (χ0v) is 9.84. The highest BCUT2D eigenvalue weighted by Gasteiger charge is 2.04. The van der Waals surface area contributed by atoms with E-state index in [1.54, 1.807) is 0 Å². The van der Waals surface area contributed by atoms with E-state index in [9.17, 15) is 4.79 Å². The number of benzene rings is 1. The summed E-state index contributed by atoms with van der Waals surface area (Å²) >= 11 is 5.78. The number of hydrogen-bond acceptors (Lipinski definition) is 1. The smallest absolute Gasteiger partial charge is 0.251 e. The van der Waals surface area contributed by atoms with Crippen LogP contribution in [0.3, 0.4) is 0 Å². The Morgan fingerprint density at radius 1 is 1.53 bits per heavy atom. The van der Waals surface area contributed by atoms with E-state index in [1.165, 1.54) is 0 Å². The van der Waals surface area contributed by atoms with Crippen molar-refractivity contribution < 1.29 is 4.79 Å². The quantitative estimate of drug-likeness (QED) is 0.785. The molecule has 3 heteroatoms. The van der Waals surface area contributed by atoms with Gasteiger partial charge in [0, 0.05) is 17.5 Å². The van der Waals surface area contributed by atoms with Gasteiger partial charge in [0.1, 0.15) is 0 Å². The van der Waals surface area contributed by atoms with Crippen LogP contribution in [0.1, 0.15) is 29.3 Å². The molecule has 0 aliphatic carbocycles. The first-order chi connectivity index (χ1) is 7.09. The molecule has 0 aliphatic rings. The summed E-state index contributed by atoms with van der Waals surface area (Å²) in [6.07, 6.45) is 0.791. The molecule has 0 aliphatic heterocycles. The molecule has 1 N–H and O–H groups in total. The predicted octanol–water partition coefficient (Wildman–Crippen LogP) is 2.74. The van der Waals surface area contributed by atoms with Gasteiger partial charge >= 0.3 is 0 Å². The molecular formula is C12H16ClNO. The van der Waals surface area contributed by atoms with Gasteiger partial charge in [0.2, 0.25) is 0 Å². The minimum absolute atomic E-state index is 0.0315. The van der Waals surface area contributed by atoms with Crippen molar-refractivity contribution in [3.05, 3.63) is 35.4 Å². The summed E-state index contributed by atoms with van der Waals surface area (Å²) in [6.45, 7) is 4.51. The summed E-state index contributed by atoms with van der Waals surface area (Å²) in [7, 11) is 0. The molecule has 1 aromatic carbocycles. The maximum atomic E-state index is 11.6. The summed E-state index contributed by atoms with van der Waals surface area (Å²) in [5.41, 5.74) is 1.80. The maximum absolute atomic E-state index is 11.6. The lowest BCUT2D eigenvalue weighted by Gasteiger charge is -2.06. The molecule has 0 saturated heterocycles. The predicted molar refractivity (Wildman–Crippen MR) is 63.4 cm³/mol. The van der Waals surface area contributed by atoms with Crippen LogP contribution in [-0.4, -0.2) is 17.8 Å². The Morgan fingerprint density at radius 2 is 2.27 bits per heavy atom. The first kappa shape index (κ1) is 12.1. The van der Waals surface area contributed by atoms with Crippen LogP contribution in [0.4, 0.5) is 0 Å². The van der Waals surface area contributed by atoms with Gasteiger partial charge in [-0.2, -0.15) is 0 Å². The molecule has 1 aromatic rings. The third kappa shape index (κ3) is 4.34. The molecule has 0 spiro atoms. The van der Waals surface area contributed by atoms with Crippen molar-refractivity contribution >= 4 is 17.5 Å². The molecule has 0 heterocycles. The SMILES string of the molecule is Cc1cccc(C(=O)NCCC(C)Cl)c1. The number of carbonyl (C=O) groups is 1. The van der Waals surface area contributed by atoms with Crippen LogP contribution in [0.5, 0.6) is 0 Å². The van der Waals surface area contributed by atoms with E-state index in [2.05, 4.69) is 5.32 Å². The first-order valence-electron chi connectivity index (χ1n) is 5.08. The summed E-state index contributed by atoms with van der Waals surface area (Å²) in [5.74, 6) is -0.0315. The molecule has 1 rings (SSSR count). The van der Waals surface area contributed by atoms with Crippen LogP contribution in [0.25, 0.3) is 0 Å². The van der Waals surface area contributed by atoms with E-state index in [0.717, 1.165) is 12.0 Å². The highest BCUT2D eigenvalue weighted by atomic mass is 35.5. The summed E-state index contributed by atoms with van der Waals surface area (Å²) in [5, 5.41) is 2.93. The average molecular weight is 226 g/mol. The second-order valence-corrected chi connectivity index (χ2v) is 4.44. The Balaban J connectivity index is 2.47. The lowest BCUT2D eigenvalue weighted by Crippen LogP contribution is -2.25. The second-order valence-electron chi connectivity index (χ2n) is 3.69. The summed E-state index contributed by atoms with van der Waals surface area (Å²) < 4.78 is 0. The lowest BCUT2D eigenvalue weighted by atomic mass is 10.1. The molecule has 0 saturated carbocycles. The average Bonchev–Trinajstić information content (AvgIpc) is 2.17. The third-order valence-corrected chi connectivity index (χ3v) is 2.33. The van der Waals surface area contributed by atoms with Crippen LogP contribution in [-0.2, 0) is 0 Å². The Labute approximate surface area is 95.6 Å². The maximum Gasteiger partial charge on any atom is 0.251 e. The van der Waals surface area contributed by atoms with Gasteiger partial charge in [0.15, 0.2) is 0 Å². The van der Waals surface area contributed by atoms with Crippen LogP contribution in [0.2, 0.25) is 0 Å². The van der Waals surface area contributed by atoms with Crippen LogP contribution >= 0.6 is 11.6 Å². The van der Waals surface area contributed by atoms with Gasteiger partial charge in [-0.3, -0.25) is 4.79 Å². The molecule has 1 amide bonds. The van der Waals surface area contributed by atoms with E-state index in [0.29, 0.717) is 12.1 Å². The highest BCUT2D eigenvalue weighted by molar-refractivity contribution is 6.20. The molecule has 0 aromatic heterocycles. The van der Waals surface area contributed by atoms with E-state index < -0.39 is 0 Å². The van der Waals surface area contributed by atoms with Gasteiger partial charge in [-0.25, -0.2) is 0 Å². The van der Waals surface area contributed by atoms with Crippen molar-refractivity contribution in [2.45, 2.75) is 25.6 Å². The first-order valence-corrected chi connectivity index (χ1v) is 5.52. The van der Waals surface area contributed by atoms with Gasteiger partial charge in [0.25, 0.3) is 5.91 Å². The summed E-state index contributed by atoms with van der Waals surface area (Å²) in [4.78, 5) is 11.6. The van der Waals surface area contributed by atoms with Crippen LogP contribution in [0.15, 0.2) is 24.3 Å². The van der Waals surface area contributed by atoms with E-state index in [1.807, 2.05) is 38.1 Å². The zero-order valence-electron chi connectivity index (χ0n) is 9.09. The Bertz CT molecular complexity index is 336. The molecule has 15 heavy (non-hydrogen) atoms. The van der Waals surface area contributed by atoms with Gasteiger partial charge in [-0.1, -0.05) is 17.7 Å². The molecule has 0 radical (unpaired) electrons. The molecular weight excluding hydrogens is 210 g/mol. The van der Waals surface area contributed by atoms with Gasteiger partial charge in [0.05, 0.1) is 0 Å². The van der Waals surface area contributed by atoms with Gasteiger partial charge < -0.3 is 5.32 Å². The Hall–Kier alpha value is -1.02. The topological polar surface area (TPSA) is 29.1 Å². The third-order valence-electron chi connectivity index (χ3n) is 2.11. The lowest BCUT2D eigenvalue weighted by molar-refractivity contribution is 0.0953. The number of carbonyl (C=O) groups excluding carboxylic acids is 1. The van der Waals surface area contributed by atoms with Crippen molar-refractivity contribution in [1.82, 2.24) is 5.32 Å². The van der Waals surface area contributed by atoms with Gasteiger partial charge in [-0.15, -0.1) is 11.6 Å². The van der Waals surface area contributed by atoms with E-state index >= 15 is 0 Å². The number of halogens is 1. The minimum Gasteiger partial charge on any atom is -0.352 e. The largest absolute Gasteiger partial charge is 0.352 e. The standard InChI is InChI=1S/C12H16ClNO/c1-9-4-3-5-11(8-9)12(15)14-7-6-10(2)13/h3-5,8,10H,6-7H2,1-2H3,(H,14,15). The number of rotatable bonds is 4. The number of hydrogen-bond donors (Lipinski definition) is 1. The number of nitrogens with one attached hydrogen (secondary N) is 1. The molecule has 2 nitrogen and oxygen atoms in total.